The van der Waals surface area contributed by atoms with Crippen LogP contribution in [-0.2, 0) is 4.79 Å². The third-order valence-electron chi connectivity index (χ3n) is 2.35. The van der Waals surface area contributed by atoms with E-state index in [9.17, 15) is 9.59 Å². The lowest BCUT2D eigenvalue weighted by Crippen LogP contribution is -2.36. The molecule has 0 aliphatic heterocycles. The van der Waals surface area contributed by atoms with Gasteiger partial charge in [-0.05, 0) is 18.6 Å². The van der Waals surface area contributed by atoms with E-state index in [1.54, 1.807) is 12.1 Å². The largest absolute Gasteiger partial charge is 0.459 e. The number of rotatable bonds is 5. The van der Waals surface area contributed by atoms with E-state index in [4.69, 9.17) is 4.42 Å². The van der Waals surface area contributed by atoms with Crippen molar-refractivity contribution in [2.75, 3.05) is 13.1 Å². The quantitative estimate of drug-likeness (QED) is 0.781. The third-order valence-corrected chi connectivity index (χ3v) is 2.35. The van der Waals surface area contributed by atoms with Crippen LogP contribution in [0.15, 0.2) is 22.8 Å². The minimum absolute atomic E-state index is 0.0138. The molecule has 0 unspecified atom stereocenters. The molecule has 0 aromatic carbocycles. The van der Waals surface area contributed by atoms with Crippen LogP contribution in [0.25, 0.3) is 0 Å². The zero-order valence-electron chi connectivity index (χ0n) is 11.1. The minimum atomic E-state index is -0.378. The molecule has 1 heterocycles. The van der Waals surface area contributed by atoms with Gasteiger partial charge in [0.1, 0.15) is 0 Å². The predicted octanol–water partition coefficient (Wildman–Crippen LogP) is 1.56. The van der Waals surface area contributed by atoms with E-state index in [1.165, 1.54) is 6.26 Å². The average molecular weight is 252 g/mol. The van der Waals surface area contributed by atoms with Crippen LogP contribution >= 0.6 is 0 Å². The lowest BCUT2D eigenvalue weighted by molar-refractivity contribution is -0.128. The Morgan fingerprint density at radius 2 is 1.89 bits per heavy atom. The van der Waals surface area contributed by atoms with Crippen LogP contribution in [0.2, 0.25) is 0 Å². The number of carbonyl (C=O) groups is 2. The van der Waals surface area contributed by atoms with Crippen molar-refractivity contribution in [3.05, 3.63) is 24.2 Å². The van der Waals surface area contributed by atoms with Crippen LogP contribution in [0.3, 0.4) is 0 Å². The van der Waals surface area contributed by atoms with Crippen molar-refractivity contribution in [1.82, 2.24) is 10.6 Å². The van der Waals surface area contributed by atoms with Crippen LogP contribution in [0.5, 0.6) is 0 Å². The first-order chi connectivity index (χ1) is 8.41. The fourth-order valence-corrected chi connectivity index (χ4v) is 1.25. The molecule has 1 aromatic rings. The summed E-state index contributed by atoms with van der Waals surface area (Å²) in [6.07, 6.45) is 2.15. The smallest absolute Gasteiger partial charge is 0.286 e. The van der Waals surface area contributed by atoms with E-state index in [-0.39, 0.29) is 17.2 Å². The Kier molecular flexibility index (Phi) is 4.95. The second-order valence-corrected chi connectivity index (χ2v) is 5.09. The van der Waals surface area contributed by atoms with Gasteiger partial charge in [-0.15, -0.1) is 0 Å². The Balaban J connectivity index is 2.13. The average Bonchev–Trinajstić information content (AvgIpc) is 2.80. The van der Waals surface area contributed by atoms with Crippen LogP contribution in [0.4, 0.5) is 0 Å². The van der Waals surface area contributed by atoms with Crippen LogP contribution < -0.4 is 10.6 Å². The topological polar surface area (TPSA) is 71.3 Å². The van der Waals surface area contributed by atoms with E-state index in [0.29, 0.717) is 25.3 Å². The van der Waals surface area contributed by atoms with Crippen molar-refractivity contribution in [3.63, 3.8) is 0 Å². The van der Waals surface area contributed by atoms with Crippen molar-refractivity contribution in [2.45, 2.75) is 27.2 Å². The van der Waals surface area contributed by atoms with E-state index in [0.717, 1.165) is 0 Å². The van der Waals surface area contributed by atoms with Gasteiger partial charge in [-0.1, -0.05) is 20.8 Å². The second-order valence-electron chi connectivity index (χ2n) is 5.09. The molecule has 0 aliphatic carbocycles. The van der Waals surface area contributed by atoms with E-state index in [2.05, 4.69) is 10.6 Å². The predicted molar refractivity (Wildman–Crippen MR) is 68.1 cm³/mol. The molecule has 1 rings (SSSR count). The van der Waals surface area contributed by atoms with Crippen LogP contribution in [0.1, 0.15) is 37.7 Å². The maximum atomic E-state index is 11.5. The fourth-order valence-electron chi connectivity index (χ4n) is 1.25. The standard InChI is InChI=1S/C13H20N2O3/c1-13(2,3)12(17)15-8-5-7-14-11(16)10-6-4-9-18-10/h4,6,9H,5,7-8H2,1-3H3,(H,14,16)(H,15,17). The molecule has 2 N–H and O–H groups in total. The van der Waals surface area contributed by atoms with E-state index >= 15 is 0 Å². The minimum Gasteiger partial charge on any atom is -0.459 e. The number of hydrogen-bond donors (Lipinski definition) is 2. The lowest BCUT2D eigenvalue weighted by Gasteiger charge is -2.17. The summed E-state index contributed by atoms with van der Waals surface area (Å²) < 4.78 is 4.95. The van der Waals surface area contributed by atoms with Crippen LogP contribution in [0, 0.1) is 5.41 Å². The first kappa shape index (κ1) is 14.3. The zero-order chi connectivity index (χ0) is 13.6. The molecule has 5 nitrogen and oxygen atoms in total. The lowest BCUT2D eigenvalue weighted by atomic mass is 9.96. The molecule has 1 aromatic heterocycles. The van der Waals surface area contributed by atoms with E-state index < -0.39 is 0 Å². The van der Waals surface area contributed by atoms with Gasteiger partial charge in [0.2, 0.25) is 5.91 Å². The van der Waals surface area contributed by atoms with Crippen molar-refractivity contribution >= 4 is 11.8 Å². The zero-order valence-corrected chi connectivity index (χ0v) is 11.1. The Morgan fingerprint density at radius 1 is 1.22 bits per heavy atom. The third kappa shape index (κ3) is 4.61. The molecule has 0 fully saturated rings. The van der Waals surface area contributed by atoms with Gasteiger partial charge in [0.05, 0.1) is 6.26 Å². The van der Waals surface area contributed by atoms with Gasteiger partial charge in [-0.3, -0.25) is 9.59 Å². The summed E-state index contributed by atoms with van der Waals surface area (Å²) in [6, 6.07) is 3.27. The normalized spacial score (nSPS) is 11.1. The van der Waals surface area contributed by atoms with Gasteiger partial charge < -0.3 is 15.1 Å². The Bertz CT molecular complexity index is 391. The summed E-state index contributed by atoms with van der Waals surface area (Å²) in [5, 5.41) is 5.53. The molecule has 0 saturated heterocycles. The molecular weight excluding hydrogens is 232 g/mol. The summed E-state index contributed by atoms with van der Waals surface area (Å²) in [4.78, 5) is 23.0. The first-order valence-corrected chi connectivity index (χ1v) is 6.01. The van der Waals surface area contributed by atoms with Gasteiger partial charge in [0.15, 0.2) is 5.76 Å². The molecule has 100 valence electrons. The highest BCUT2D eigenvalue weighted by atomic mass is 16.3. The summed E-state index contributed by atoms with van der Waals surface area (Å²) in [6.45, 7) is 6.64. The Morgan fingerprint density at radius 3 is 2.44 bits per heavy atom. The van der Waals surface area contributed by atoms with Crippen LogP contribution in [-0.4, -0.2) is 24.9 Å². The highest BCUT2D eigenvalue weighted by Crippen LogP contribution is 2.11. The monoisotopic (exact) mass is 252 g/mol. The Labute approximate surface area is 107 Å². The number of furan rings is 1. The molecule has 0 aliphatic rings. The SMILES string of the molecule is CC(C)(C)C(=O)NCCCNC(=O)c1ccco1. The molecule has 0 spiro atoms. The van der Waals surface area contributed by atoms with E-state index in [1.807, 2.05) is 20.8 Å². The molecule has 18 heavy (non-hydrogen) atoms. The Hall–Kier alpha value is -1.78. The molecular formula is C13H20N2O3. The molecule has 0 atom stereocenters. The van der Waals surface area contributed by atoms with Gasteiger partial charge in [0.25, 0.3) is 5.91 Å². The maximum absolute atomic E-state index is 11.5. The van der Waals surface area contributed by atoms with Crippen molar-refractivity contribution in [1.29, 1.82) is 0 Å². The van der Waals surface area contributed by atoms with Crippen molar-refractivity contribution < 1.29 is 14.0 Å². The highest BCUT2D eigenvalue weighted by Gasteiger charge is 2.20. The second kappa shape index (κ2) is 6.23. The van der Waals surface area contributed by atoms with Gasteiger partial charge in [-0.25, -0.2) is 0 Å². The summed E-state index contributed by atoms with van der Waals surface area (Å²) in [5.41, 5.74) is -0.378. The number of carbonyl (C=O) groups excluding carboxylic acids is 2. The van der Waals surface area contributed by atoms with Gasteiger partial charge in [-0.2, -0.15) is 0 Å². The summed E-state index contributed by atoms with van der Waals surface area (Å²) >= 11 is 0. The molecule has 2 amide bonds. The summed E-state index contributed by atoms with van der Waals surface area (Å²) in [5.74, 6) is 0.0794. The first-order valence-electron chi connectivity index (χ1n) is 6.01. The maximum Gasteiger partial charge on any atom is 0.286 e. The number of nitrogens with one attached hydrogen (secondary N) is 2. The van der Waals surface area contributed by atoms with Gasteiger partial charge >= 0.3 is 0 Å². The van der Waals surface area contributed by atoms with Crippen molar-refractivity contribution in [3.8, 4) is 0 Å². The number of hydrogen-bond acceptors (Lipinski definition) is 3. The molecule has 5 heteroatoms. The molecule has 0 radical (unpaired) electrons. The highest BCUT2D eigenvalue weighted by molar-refractivity contribution is 5.91. The molecule has 0 saturated carbocycles. The molecule has 0 bridgehead atoms. The number of amides is 2. The fraction of sp³-hybridized carbons (Fsp3) is 0.538. The summed E-state index contributed by atoms with van der Waals surface area (Å²) in [7, 11) is 0. The van der Waals surface area contributed by atoms with Crippen molar-refractivity contribution in [2.24, 2.45) is 5.41 Å². The van der Waals surface area contributed by atoms with Gasteiger partial charge in [0, 0.05) is 18.5 Å².